The van der Waals surface area contributed by atoms with Gasteiger partial charge in [0, 0.05) is 0 Å². The highest BCUT2D eigenvalue weighted by atomic mass is 32.2. The van der Waals surface area contributed by atoms with Gasteiger partial charge in [0.2, 0.25) is 0 Å². The third-order valence-corrected chi connectivity index (χ3v) is 3.89. The molecule has 0 bridgehead atoms. The van der Waals surface area contributed by atoms with Gasteiger partial charge in [-0.1, -0.05) is 12.1 Å². The molecule has 1 aromatic heterocycles. The van der Waals surface area contributed by atoms with Crippen molar-refractivity contribution >= 4 is 28.6 Å². The highest BCUT2D eigenvalue weighted by molar-refractivity contribution is 8.03. The lowest BCUT2D eigenvalue weighted by atomic mass is 10.2. The van der Waals surface area contributed by atoms with Gasteiger partial charge in [-0.2, -0.15) is 4.68 Å². The largest absolute Gasteiger partial charge is 0.477 e. The van der Waals surface area contributed by atoms with Gasteiger partial charge in [0.05, 0.1) is 16.6 Å². The van der Waals surface area contributed by atoms with E-state index in [1.807, 2.05) is 0 Å². The first kappa shape index (κ1) is 11.8. The predicted octanol–water partition coefficient (Wildman–Crippen LogP) is 1.36. The number of thioether (sulfide) groups is 1. The molecule has 6 nitrogen and oxygen atoms in total. The molecule has 1 aromatic carbocycles. The van der Waals surface area contributed by atoms with Crippen molar-refractivity contribution in [2.45, 2.75) is 12.1 Å². The van der Waals surface area contributed by atoms with E-state index in [4.69, 9.17) is 5.11 Å². The first-order valence-corrected chi connectivity index (χ1v) is 6.30. The number of benzene rings is 1. The molecule has 0 atom stereocenters. The molecule has 19 heavy (non-hydrogen) atoms. The third kappa shape index (κ3) is 1.78. The lowest BCUT2D eigenvalue weighted by Crippen LogP contribution is -2.33. The zero-order chi connectivity index (χ0) is 13.6. The number of carboxylic acid groups (broad SMARTS) is 1. The zero-order valence-corrected chi connectivity index (χ0v) is 10.7. The summed E-state index contributed by atoms with van der Waals surface area (Å²) in [6.45, 7) is 1.61. The van der Waals surface area contributed by atoms with Gasteiger partial charge in [-0.3, -0.25) is 10.2 Å². The summed E-state index contributed by atoms with van der Waals surface area (Å²) < 4.78 is 1.27. The van der Waals surface area contributed by atoms with Crippen molar-refractivity contribution in [3.8, 4) is 0 Å². The third-order valence-electron chi connectivity index (χ3n) is 2.75. The van der Waals surface area contributed by atoms with Crippen LogP contribution in [0.25, 0.3) is 10.9 Å². The fraction of sp³-hybridized carbons (Fsp3) is 0.0833. The van der Waals surface area contributed by atoms with Gasteiger partial charge in [0.1, 0.15) is 4.91 Å². The molecule has 96 valence electrons. The van der Waals surface area contributed by atoms with Gasteiger partial charge >= 0.3 is 5.97 Å². The molecule has 0 saturated heterocycles. The van der Waals surface area contributed by atoms with E-state index in [1.165, 1.54) is 4.68 Å². The van der Waals surface area contributed by atoms with Crippen molar-refractivity contribution in [3.05, 3.63) is 45.2 Å². The molecule has 1 aliphatic rings. The van der Waals surface area contributed by atoms with E-state index < -0.39 is 5.97 Å². The Bertz CT molecular complexity index is 794. The van der Waals surface area contributed by atoms with Crippen LogP contribution in [0.3, 0.4) is 0 Å². The Balaban J connectivity index is 2.26. The van der Waals surface area contributed by atoms with Crippen LogP contribution in [0.15, 0.2) is 44.8 Å². The molecule has 2 aromatic rings. The molecule has 0 radical (unpaired) electrons. The Labute approximate surface area is 111 Å². The second-order valence-electron chi connectivity index (χ2n) is 4.03. The minimum Gasteiger partial charge on any atom is -0.477 e. The number of para-hydroxylation sites is 1. The summed E-state index contributed by atoms with van der Waals surface area (Å²) in [5.74, 6) is -1.04. The number of nitrogens with one attached hydrogen (secondary N) is 1. The highest BCUT2D eigenvalue weighted by Gasteiger charge is 2.23. The Morgan fingerprint density at radius 3 is 2.89 bits per heavy atom. The average Bonchev–Trinajstić information content (AvgIpc) is 2.39. The van der Waals surface area contributed by atoms with E-state index >= 15 is 0 Å². The number of aliphatic carboxylic acids is 1. The molecule has 0 saturated carbocycles. The molecule has 2 N–H and O–H groups in total. The van der Waals surface area contributed by atoms with E-state index in [1.54, 1.807) is 31.2 Å². The fourth-order valence-electron chi connectivity index (χ4n) is 1.87. The van der Waals surface area contributed by atoms with Gasteiger partial charge in [0.25, 0.3) is 5.56 Å². The molecule has 2 heterocycles. The normalized spacial score (nSPS) is 14.2. The van der Waals surface area contributed by atoms with Crippen molar-refractivity contribution in [1.29, 1.82) is 0 Å². The van der Waals surface area contributed by atoms with Crippen molar-refractivity contribution in [2.75, 3.05) is 5.43 Å². The molecule has 0 fully saturated rings. The maximum Gasteiger partial charge on any atom is 0.344 e. The Kier molecular flexibility index (Phi) is 2.56. The van der Waals surface area contributed by atoms with Gasteiger partial charge in [-0.15, -0.1) is 0 Å². The molecule has 0 amide bonds. The lowest BCUT2D eigenvalue weighted by Gasteiger charge is -2.21. The predicted molar refractivity (Wildman–Crippen MR) is 71.6 cm³/mol. The van der Waals surface area contributed by atoms with Crippen LogP contribution in [0.5, 0.6) is 0 Å². The molecule has 3 rings (SSSR count). The molecular formula is C12H9N3O3S. The number of hydrogen-bond donors (Lipinski definition) is 2. The number of aromatic nitrogens is 2. The van der Waals surface area contributed by atoms with Crippen LogP contribution >= 0.6 is 11.8 Å². The Morgan fingerprint density at radius 1 is 1.42 bits per heavy atom. The second-order valence-corrected chi connectivity index (χ2v) is 5.00. The smallest absolute Gasteiger partial charge is 0.344 e. The summed E-state index contributed by atoms with van der Waals surface area (Å²) in [6, 6.07) is 6.96. The summed E-state index contributed by atoms with van der Waals surface area (Å²) in [7, 11) is 0. The first-order chi connectivity index (χ1) is 9.08. The second kappa shape index (κ2) is 4.13. The quantitative estimate of drug-likeness (QED) is 0.764. The van der Waals surface area contributed by atoms with Crippen molar-refractivity contribution in [1.82, 2.24) is 9.66 Å². The Morgan fingerprint density at radius 2 is 2.16 bits per heavy atom. The summed E-state index contributed by atoms with van der Waals surface area (Å²) in [6.07, 6.45) is 0. The monoisotopic (exact) mass is 275 g/mol. The average molecular weight is 275 g/mol. The van der Waals surface area contributed by atoms with Gasteiger partial charge < -0.3 is 5.11 Å². The van der Waals surface area contributed by atoms with Crippen molar-refractivity contribution in [3.63, 3.8) is 0 Å². The summed E-state index contributed by atoms with van der Waals surface area (Å²) in [5.41, 5.74) is 3.51. The molecule has 1 aliphatic heterocycles. The van der Waals surface area contributed by atoms with Crippen LogP contribution in [0, 0.1) is 0 Å². The number of carboxylic acids is 1. The van der Waals surface area contributed by atoms with Crippen LogP contribution in [-0.2, 0) is 4.79 Å². The molecule has 0 aliphatic carbocycles. The molecule has 0 unspecified atom stereocenters. The van der Waals surface area contributed by atoms with Crippen LogP contribution in [0.4, 0.5) is 0 Å². The highest BCUT2D eigenvalue weighted by Crippen LogP contribution is 2.30. The van der Waals surface area contributed by atoms with Crippen LogP contribution < -0.4 is 11.0 Å². The molecule has 0 spiro atoms. The number of carbonyl (C=O) groups is 1. The lowest BCUT2D eigenvalue weighted by molar-refractivity contribution is -0.131. The number of rotatable bonds is 1. The van der Waals surface area contributed by atoms with E-state index in [2.05, 4.69) is 10.4 Å². The SMILES string of the molecule is CC1=C(C(=O)O)Sc2nc3ccccc3c(=O)n2N1. The van der Waals surface area contributed by atoms with E-state index in [-0.39, 0.29) is 10.5 Å². The number of hydrogen-bond acceptors (Lipinski definition) is 5. The fourth-order valence-corrected chi connectivity index (χ4v) is 2.70. The molecule has 7 heteroatoms. The number of fused-ring (bicyclic) bond motifs is 2. The maximum absolute atomic E-state index is 12.3. The maximum atomic E-state index is 12.3. The summed E-state index contributed by atoms with van der Waals surface area (Å²) >= 11 is 0.972. The first-order valence-electron chi connectivity index (χ1n) is 5.49. The van der Waals surface area contributed by atoms with Crippen LogP contribution in [-0.4, -0.2) is 20.7 Å². The Hall–Kier alpha value is -2.28. The van der Waals surface area contributed by atoms with Crippen molar-refractivity contribution < 1.29 is 9.90 Å². The number of nitrogens with zero attached hydrogens (tertiary/aromatic N) is 2. The van der Waals surface area contributed by atoms with Crippen molar-refractivity contribution in [2.24, 2.45) is 0 Å². The standard InChI is InChI=1S/C12H9N3O3S/c1-6-9(11(17)18)19-12-13-8-5-3-2-4-7(8)10(16)15(12)14-6/h2-5,14H,1H3,(H,17,18). The van der Waals surface area contributed by atoms with Gasteiger partial charge in [-0.05, 0) is 30.8 Å². The zero-order valence-electron chi connectivity index (χ0n) is 9.88. The summed E-state index contributed by atoms with van der Waals surface area (Å²) in [4.78, 5) is 27.8. The number of allylic oxidation sites excluding steroid dienone is 1. The summed E-state index contributed by atoms with van der Waals surface area (Å²) in [5, 5.41) is 9.90. The van der Waals surface area contributed by atoms with E-state index in [0.717, 1.165) is 11.8 Å². The van der Waals surface area contributed by atoms with Crippen LogP contribution in [0.2, 0.25) is 0 Å². The van der Waals surface area contributed by atoms with Gasteiger partial charge in [0.15, 0.2) is 5.16 Å². The van der Waals surface area contributed by atoms with Gasteiger partial charge in [-0.25, -0.2) is 9.78 Å². The topological polar surface area (TPSA) is 84.2 Å². The minimum absolute atomic E-state index is 0.141. The van der Waals surface area contributed by atoms with E-state index in [9.17, 15) is 9.59 Å². The van der Waals surface area contributed by atoms with Crippen LogP contribution in [0.1, 0.15) is 6.92 Å². The minimum atomic E-state index is -1.04. The van der Waals surface area contributed by atoms with E-state index in [0.29, 0.717) is 21.8 Å². The molecular weight excluding hydrogens is 266 g/mol.